The molecule has 0 atom stereocenters. The second-order valence-corrected chi connectivity index (χ2v) is 8.37. The zero-order valence-corrected chi connectivity index (χ0v) is 20.6. The van der Waals surface area contributed by atoms with E-state index in [0.29, 0.717) is 34.3 Å². The summed E-state index contributed by atoms with van der Waals surface area (Å²) in [6.45, 7) is 4.18. The number of rotatable bonds is 8. The number of benzene rings is 3. The van der Waals surface area contributed by atoms with Crippen LogP contribution in [0.1, 0.15) is 48.1 Å². The first-order valence-electron chi connectivity index (χ1n) is 10.9. The minimum Gasteiger partial charge on any atom is -0.463 e. The van der Waals surface area contributed by atoms with Crippen molar-refractivity contribution >= 4 is 58.3 Å². The highest BCUT2D eigenvalue weighted by atomic mass is 35.5. The zero-order chi connectivity index (χ0) is 24.7. The van der Waals surface area contributed by atoms with Gasteiger partial charge in [-0.1, -0.05) is 66.5 Å². The number of ether oxygens (including phenoxy) is 1. The number of esters is 1. The van der Waals surface area contributed by atoms with Crippen LogP contribution in [0.15, 0.2) is 66.7 Å². The molecule has 3 rings (SSSR count). The Hall–Kier alpha value is -3.34. The van der Waals surface area contributed by atoms with Crippen molar-refractivity contribution in [1.29, 1.82) is 5.41 Å². The van der Waals surface area contributed by atoms with E-state index in [1.807, 2.05) is 54.6 Å². The van der Waals surface area contributed by atoms with Crippen LogP contribution in [0.2, 0.25) is 10.0 Å². The van der Waals surface area contributed by atoms with E-state index in [2.05, 4.69) is 6.92 Å². The standard InChI is InChI=1S/C28H26Cl2N2O2/c1-3-23(24-12-11-22(29)16-25(24)30)28(20-10-13-26(32)21(15-20)17-31)19-8-5-18(6-9-19)7-14-27(33)34-4-2/h5-17,31H,3-4,32H2,1-2H3/b14-7+,28-23+,31-17?. The summed E-state index contributed by atoms with van der Waals surface area (Å²) >= 11 is 12.7. The summed E-state index contributed by atoms with van der Waals surface area (Å²) in [6, 6.07) is 19.0. The Morgan fingerprint density at radius 3 is 2.32 bits per heavy atom. The maximum absolute atomic E-state index is 11.6. The number of hydrogen-bond donors (Lipinski definition) is 2. The Balaban J connectivity index is 2.19. The van der Waals surface area contributed by atoms with Crippen molar-refractivity contribution < 1.29 is 9.53 Å². The van der Waals surface area contributed by atoms with Crippen molar-refractivity contribution in [2.45, 2.75) is 20.3 Å². The van der Waals surface area contributed by atoms with Crippen molar-refractivity contribution in [3.05, 3.63) is 105 Å². The molecular weight excluding hydrogens is 467 g/mol. The van der Waals surface area contributed by atoms with Crippen LogP contribution in [0.5, 0.6) is 0 Å². The Bertz CT molecular complexity index is 1260. The molecule has 0 radical (unpaired) electrons. The second-order valence-electron chi connectivity index (χ2n) is 7.53. The van der Waals surface area contributed by atoms with E-state index in [4.69, 9.17) is 39.1 Å². The number of halogens is 2. The summed E-state index contributed by atoms with van der Waals surface area (Å²) in [7, 11) is 0. The predicted octanol–water partition coefficient (Wildman–Crippen LogP) is 7.52. The molecule has 0 saturated heterocycles. The lowest BCUT2D eigenvalue weighted by Gasteiger charge is -2.18. The molecule has 3 N–H and O–H groups in total. The number of hydrogen-bond acceptors (Lipinski definition) is 4. The fourth-order valence-electron chi connectivity index (χ4n) is 3.72. The van der Waals surface area contributed by atoms with Crippen LogP contribution in [-0.2, 0) is 9.53 Å². The summed E-state index contributed by atoms with van der Waals surface area (Å²) in [5.74, 6) is -0.376. The Morgan fingerprint density at radius 1 is 1.00 bits per heavy atom. The molecule has 0 unspecified atom stereocenters. The molecule has 0 bridgehead atoms. The maximum Gasteiger partial charge on any atom is 0.330 e. The lowest BCUT2D eigenvalue weighted by Crippen LogP contribution is -1.99. The highest BCUT2D eigenvalue weighted by molar-refractivity contribution is 6.36. The van der Waals surface area contributed by atoms with Crippen LogP contribution in [0.25, 0.3) is 17.2 Å². The van der Waals surface area contributed by atoms with Crippen molar-refractivity contribution in [3.63, 3.8) is 0 Å². The van der Waals surface area contributed by atoms with Crippen LogP contribution in [0, 0.1) is 5.41 Å². The zero-order valence-electron chi connectivity index (χ0n) is 19.1. The minimum absolute atomic E-state index is 0.336. The van der Waals surface area contributed by atoms with E-state index in [1.165, 1.54) is 12.3 Å². The molecule has 0 aromatic heterocycles. The van der Waals surface area contributed by atoms with Gasteiger partial charge in [0, 0.05) is 33.6 Å². The van der Waals surface area contributed by atoms with Crippen LogP contribution < -0.4 is 5.73 Å². The topological polar surface area (TPSA) is 76.2 Å². The van der Waals surface area contributed by atoms with Gasteiger partial charge in [0.2, 0.25) is 0 Å². The Labute approximate surface area is 210 Å². The predicted molar refractivity (Wildman–Crippen MR) is 144 cm³/mol. The van der Waals surface area contributed by atoms with Gasteiger partial charge in [-0.15, -0.1) is 0 Å². The fraction of sp³-hybridized carbons (Fsp3) is 0.143. The van der Waals surface area contributed by atoms with Crippen molar-refractivity contribution in [2.75, 3.05) is 12.3 Å². The van der Waals surface area contributed by atoms with Crippen LogP contribution >= 0.6 is 23.2 Å². The summed E-state index contributed by atoms with van der Waals surface area (Å²) in [5.41, 5.74) is 12.9. The van der Waals surface area contributed by atoms with Gasteiger partial charge in [0.15, 0.2) is 0 Å². The molecular formula is C28H26Cl2N2O2. The van der Waals surface area contributed by atoms with Gasteiger partial charge < -0.3 is 15.9 Å². The summed E-state index contributed by atoms with van der Waals surface area (Å²) in [5, 5.41) is 8.88. The molecule has 4 nitrogen and oxygen atoms in total. The molecule has 0 aliphatic rings. The van der Waals surface area contributed by atoms with E-state index in [9.17, 15) is 4.79 Å². The van der Waals surface area contributed by atoms with Crippen LogP contribution in [-0.4, -0.2) is 18.8 Å². The first-order valence-corrected chi connectivity index (χ1v) is 11.7. The lowest BCUT2D eigenvalue weighted by molar-refractivity contribution is -0.137. The molecule has 0 fully saturated rings. The molecule has 6 heteroatoms. The van der Waals surface area contributed by atoms with Gasteiger partial charge in [-0.05, 0) is 77.1 Å². The number of anilines is 1. The number of nitrogens with one attached hydrogen (secondary N) is 1. The monoisotopic (exact) mass is 492 g/mol. The van der Waals surface area contributed by atoms with Gasteiger partial charge in [-0.3, -0.25) is 0 Å². The third kappa shape index (κ3) is 5.96. The Kier molecular flexibility index (Phi) is 8.69. The summed E-state index contributed by atoms with van der Waals surface area (Å²) in [6.07, 6.45) is 5.10. The van der Waals surface area contributed by atoms with E-state index >= 15 is 0 Å². The fourth-order valence-corrected chi connectivity index (χ4v) is 4.24. The number of nitrogens with two attached hydrogens (primary N) is 1. The summed E-state index contributed by atoms with van der Waals surface area (Å²) in [4.78, 5) is 11.6. The summed E-state index contributed by atoms with van der Waals surface area (Å²) < 4.78 is 4.95. The maximum atomic E-state index is 11.6. The van der Waals surface area contributed by atoms with Crippen molar-refractivity contribution in [1.82, 2.24) is 0 Å². The average molecular weight is 493 g/mol. The van der Waals surface area contributed by atoms with Gasteiger partial charge in [0.1, 0.15) is 0 Å². The van der Waals surface area contributed by atoms with E-state index in [1.54, 1.807) is 19.1 Å². The van der Waals surface area contributed by atoms with Gasteiger partial charge in [0.25, 0.3) is 0 Å². The number of allylic oxidation sites excluding steroid dienone is 1. The molecule has 0 aliphatic heterocycles. The highest BCUT2D eigenvalue weighted by Gasteiger charge is 2.16. The SMILES string of the molecule is CCOC(=O)/C=C/c1ccc(/C(=C(/CC)c2ccc(Cl)cc2Cl)c2ccc(N)c(C=N)c2)cc1. The third-order valence-electron chi connectivity index (χ3n) is 5.34. The minimum atomic E-state index is -0.376. The highest BCUT2D eigenvalue weighted by Crippen LogP contribution is 2.38. The first-order chi connectivity index (χ1) is 16.4. The second kappa shape index (κ2) is 11.7. The van der Waals surface area contributed by atoms with E-state index < -0.39 is 0 Å². The Morgan fingerprint density at radius 2 is 1.71 bits per heavy atom. The van der Waals surface area contributed by atoms with Crippen molar-refractivity contribution in [2.24, 2.45) is 0 Å². The van der Waals surface area contributed by atoms with Crippen molar-refractivity contribution in [3.8, 4) is 0 Å². The normalized spacial score (nSPS) is 11.9. The van der Waals surface area contributed by atoms with Gasteiger partial charge >= 0.3 is 5.97 Å². The third-order valence-corrected chi connectivity index (χ3v) is 5.89. The van der Waals surface area contributed by atoms with Crippen LogP contribution in [0.4, 0.5) is 5.69 Å². The molecule has 3 aromatic carbocycles. The number of carbonyl (C=O) groups is 1. The van der Waals surface area contributed by atoms with Gasteiger partial charge in [0.05, 0.1) is 6.61 Å². The van der Waals surface area contributed by atoms with Crippen LogP contribution in [0.3, 0.4) is 0 Å². The molecule has 0 saturated carbocycles. The molecule has 3 aromatic rings. The smallest absolute Gasteiger partial charge is 0.330 e. The molecule has 34 heavy (non-hydrogen) atoms. The largest absolute Gasteiger partial charge is 0.463 e. The molecule has 0 aliphatic carbocycles. The molecule has 0 amide bonds. The molecule has 0 spiro atoms. The molecule has 0 heterocycles. The van der Waals surface area contributed by atoms with Gasteiger partial charge in [-0.2, -0.15) is 0 Å². The average Bonchev–Trinajstić information content (AvgIpc) is 2.83. The van der Waals surface area contributed by atoms with E-state index in [-0.39, 0.29) is 5.97 Å². The lowest BCUT2D eigenvalue weighted by atomic mass is 9.87. The number of nitrogen functional groups attached to an aromatic ring is 1. The molecule has 174 valence electrons. The first kappa shape index (κ1) is 25.3. The number of carbonyl (C=O) groups excluding carboxylic acids is 1. The quantitative estimate of drug-likeness (QED) is 0.112. The van der Waals surface area contributed by atoms with Gasteiger partial charge in [-0.25, -0.2) is 4.79 Å². The van der Waals surface area contributed by atoms with E-state index in [0.717, 1.165) is 33.4 Å².